The number of pyridine rings is 1. The third-order valence-corrected chi connectivity index (χ3v) is 3.51. The van der Waals surface area contributed by atoms with E-state index in [0.717, 1.165) is 22.2 Å². The predicted octanol–water partition coefficient (Wildman–Crippen LogP) is 2.75. The molecule has 0 aliphatic rings. The molecule has 0 radical (unpaired) electrons. The smallest absolute Gasteiger partial charge is 0.169 e. The standard InChI is InChI=1S/C16H19N5/c1-16(2,3)14-15(17)19-20-21(14)10-12-7-4-6-11-8-5-9-18-13(11)12/h4-9H,10,17H2,1-3H3. The van der Waals surface area contributed by atoms with Crippen molar-refractivity contribution in [2.24, 2.45) is 0 Å². The predicted molar refractivity (Wildman–Crippen MR) is 84.0 cm³/mol. The van der Waals surface area contributed by atoms with E-state index >= 15 is 0 Å². The molecule has 3 aromatic rings. The van der Waals surface area contributed by atoms with Crippen molar-refractivity contribution in [2.45, 2.75) is 32.7 Å². The zero-order valence-electron chi connectivity index (χ0n) is 12.5. The van der Waals surface area contributed by atoms with E-state index in [0.29, 0.717) is 12.4 Å². The van der Waals surface area contributed by atoms with Gasteiger partial charge in [-0.1, -0.05) is 50.3 Å². The van der Waals surface area contributed by atoms with Gasteiger partial charge in [0.25, 0.3) is 0 Å². The molecular formula is C16H19N5. The Morgan fingerprint density at radius 2 is 1.90 bits per heavy atom. The summed E-state index contributed by atoms with van der Waals surface area (Å²) in [6.07, 6.45) is 1.81. The highest BCUT2D eigenvalue weighted by Gasteiger charge is 2.24. The Hall–Kier alpha value is -2.43. The number of para-hydroxylation sites is 1. The fourth-order valence-corrected chi connectivity index (χ4v) is 2.66. The Bertz CT molecular complexity index is 777. The Balaban J connectivity index is 2.08. The molecule has 0 fully saturated rings. The van der Waals surface area contributed by atoms with Crippen molar-refractivity contribution in [3.8, 4) is 0 Å². The lowest BCUT2D eigenvalue weighted by Crippen LogP contribution is -2.20. The molecule has 5 nitrogen and oxygen atoms in total. The van der Waals surface area contributed by atoms with Gasteiger partial charge in [0, 0.05) is 17.0 Å². The number of fused-ring (bicyclic) bond motifs is 1. The first-order valence-electron chi connectivity index (χ1n) is 6.99. The van der Waals surface area contributed by atoms with Gasteiger partial charge in [-0.2, -0.15) is 0 Å². The number of anilines is 1. The van der Waals surface area contributed by atoms with E-state index in [1.165, 1.54) is 0 Å². The summed E-state index contributed by atoms with van der Waals surface area (Å²) in [4.78, 5) is 4.48. The topological polar surface area (TPSA) is 69.6 Å². The quantitative estimate of drug-likeness (QED) is 0.784. The molecule has 0 atom stereocenters. The van der Waals surface area contributed by atoms with Crippen molar-refractivity contribution in [2.75, 3.05) is 5.73 Å². The minimum atomic E-state index is -0.106. The van der Waals surface area contributed by atoms with Crippen LogP contribution in [-0.2, 0) is 12.0 Å². The second-order valence-electron chi connectivity index (χ2n) is 6.22. The molecule has 3 rings (SSSR count). The number of nitrogens with zero attached hydrogens (tertiary/aromatic N) is 4. The summed E-state index contributed by atoms with van der Waals surface area (Å²) >= 11 is 0. The van der Waals surface area contributed by atoms with E-state index in [2.05, 4.69) is 54.3 Å². The molecule has 0 amide bonds. The maximum Gasteiger partial charge on any atom is 0.169 e. The molecule has 1 aromatic carbocycles. The minimum Gasteiger partial charge on any atom is -0.381 e. The van der Waals surface area contributed by atoms with E-state index in [4.69, 9.17) is 5.73 Å². The molecule has 0 bridgehead atoms. The van der Waals surface area contributed by atoms with Crippen molar-refractivity contribution in [1.82, 2.24) is 20.0 Å². The van der Waals surface area contributed by atoms with Gasteiger partial charge in [-0.15, -0.1) is 5.10 Å². The van der Waals surface area contributed by atoms with E-state index in [1.807, 2.05) is 23.0 Å². The van der Waals surface area contributed by atoms with Crippen molar-refractivity contribution in [3.63, 3.8) is 0 Å². The van der Waals surface area contributed by atoms with Gasteiger partial charge in [0.1, 0.15) is 0 Å². The maximum atomic E-state index is 5.98. The van der Waals surface area contributed by atoms with E-state index in [1.54, 1.807) is 0 Å². The molecule has 108 valence electrons. The second kappa shape index (κ2) is 4.84. The first-order valence-corrected chi connectivity index (χ1v) is 6.99. The van der Waals surface area contributed by atoms with Gasteiger partial charge >= 0.3 is 0 Å². The number of nitrogen functional groups attached to an aromatic ring is 1. The van der Waals surface area contributed by atoms with Gasteiger partial charge in [0.2, 0.25) is 0 Å². The van der Waals surface area contributed by atoms with Gasteiger partial charge < -0.3 is 5.73 Å². The lowest BCUT2D eigenvalue weighted by molar-refractivity contribution is 0.503. The Labute approximate surface area is 123 Å². The number of aromatic nitrogens is 4. The van der Waals surface area contributed by atoms with Crippen LogP contribution in [0, 0.1) is 0 Å². The molecule has 5 heteroatoms. The molecule has 0 saturated carbocycles. The number of hydrogen-bond donors (Lipinski definition) is 1. The number of rotatable bonds is 2. The van der Waals surface area contributed by atoms with Crippen LogP contribution in [0.3, 0.4) is 0 Å². The maximum absolute atomic E-state index is 5.98. The van der Waals surface area contributed by atoms with Crippen molar-refractivity contribution in [3.05, 3.63) is 47.8 Å². The molecule has 0 aliphatic carbocycles. The van der Waals surface area contributed by atoms with Crippen LogP contribution in [0.15, 0.2) is 36.5 Å². The molecule has 2 aromatic heterocycles. The zero-order chi connectivity index (χ0) is 15.0. The Kier molecular flexibility index (Phi) is 3.12. The highest BCUT2D eigenvalue weighted by atomic mass is 15.4. The highest BCUT2D eigenvalue weighted by Crippen LogP contribution is 2.27. The largest absolute Gasteiger partial charge is 0.381 e. The van der Waals surface area contributed by atoms with Crippen molar-refractivity contribution < 1.29 is 0 Å². The van der Waals surface area contributed by atoms with E-state index in [-0.39, 0.29) is 5.41 Å². The van der Waals surface area contributed by atoms with Crippen LogP contribution in [0.1, 0.15) is 32.0 Å². The van der Waals surface area contributed by atoms with E-state index < -0.39 is 0 Å². The highest BCUT2D eigenvalue weighted by molar-refractivity contribution is 5.81. The summed E-state index contributed by atoms with van der Waals surface area (Å²) in [5.41, 5.74) is 8.94. The van der Waals surface area contributed by atoms with Gasteiger partial charge in [-0.05, 0) is 11.6 Å². The molecule has 2 heterocycles. The zero-order valence-corrected chi connectivity index (χ0v) is 12.5. The Morgan fingerprint density at radius 1 is 1.14 bits per heavy atom. The third-order valence-electron chi connectivity index (χ3n) is 3.51. The van der Waals surface area contributed by atoms with Crippen LogP contribution in [0.4, 0.5) is 5.82 Å². The molecule has 2 N–H and O–H groups in total. The van der Waals surface area contributed by atoms with Crippen LogP contribution in [0.5, 0.6) is 0 Å². The molecule has 0 unspecified atom stereocenters. The number of benzene rings is 1. The Morgan fingerprint density at radius 3 is 2.67 bits per heavy atom. The van der Waals surface area contributed by atoms with Crippen LogP contribution in [-0.4, -0.2) is 20.0 Å². The van der Waals surface area contributed by atoms with Gasteiger partial charge in [-0.25, -0.2) is 4.68 Å². The molecular weight excluding hydrogens is 262 g/mol. The number of hydrogen-bond acceptors (Lipinski definition) is 4. The van der Waals surface area contributed by atoms with Crippen molar-refractivity contribution in [1.29, 1.82) is 0 Å². The summed E-state index contributed by atoms with van der Waals surface area (Å²) in [6, 6.07) is 10.2. The van der Waals surface area contributed by atoms with Crippen LogP contribution < -0.4 is 5.73 Å². The van der Waals surface area contributed by atoms with E-state index in [9.17, 15) is 0 Å². The molecule has 0 saturated heterocycles. The SMILES string of the molecule is CC(C)(C)c1c(N)nnn1Cc1cccc2cccnc12. The van der Waals surface area contributed by atoms with Crippen LogP contribution >= 0.6 is 0 Å². The summed E-state index contributed by atoms with van der Waals surface area (Å²) in [5.74, 6) is 0.496. The first kappa shape index (κ1) is 13.5. The third kappa shape index (κ3) is 2.46. The minimum absolute atomic E-state index is 0.106. The van der Waals surface area contributed by atoms with Crippen molar-refractivity contribution >= 4 is 16.7 Å². The summed E-state index contributed by atoms with van der Waals surface area (Å²) < 4.78 is 1.87. The molecule has 0 spiro atoms. The fraction of sp³-hybridized carbons (Fsp3) is 0.312. The first-order chi connectivity index (χ1) is 9.97. The summed E-state index contributed by atoms with van der Waals surface area (Å²) in [7, 11) is 0. The van der Waals surface area contributed by atoms with Crippen LogP contribution in [0.2, 0.25) is 0 Å². The fourth-order valence-electron chi connectivity index (χ4n) is 2.66. The average molecular weight is 281 g/mol. The molecule has 21 heavy (non-hydrogen) atoms. The van der Waals surface area contributed by atoms with Gasteiger partial charge in [-0.3, -0.25) is 4.98 Å². The molecule has 0 aliphatic heterocycles. The lowest BCUT2D eigenvalue weighted by atomic mass is 9.91. The van der Waals surface area contributed by atoms with Gasteiger partial charge in [0.05, 0.1) is 17.8 Å². The average Bonchev–Trinajstić information content (AvgIpc) is 2.80. The lowest BCUT2D eigenvalue weighted by Gasteiger charge is -2.20. The number of nitrogens with two attached hydrogens (primary N) is 1. The second-order valence-corrected chi connectivity index (χ2v) is 6.22. The summed E-state index contributed by atoms with van der Waals surface area (Å²) in [6.45, 7) is 6.95. The van der Waals surface area contributed by atoms with Gasteiger partial charge in [0.15, 0.2) is 5.82 Å². The van der Waals surface area contributed by atoms with Crippen LogP contribution in [0.25, 0.3) is 10.9 Å². The monoisotopic (exact) mass is 281 g/mol. The normalized spacial score (nSPS) is 12.0. The summed E-state index contributed by atoms with van der Waals surface area (Å²) in [5, 5.41) is 9.35.